The fourth-order valence-corrected chi connectivity index (χ4v) is 6.77. The molecular formula is C30H32F2N2O5S. The van der Waals surface area contributed by atoms with Gasteiger partial charge in [0.05, 0.1) is 11.3 Å². The van der Waals surface area contributed by atoms with E-state index >= 15 is 0 Å². The van der Waals surface area contributed by atoms with Crippen LogP contribution in [0.5, 0.6) is 5.75 Å². The van der Waals surface area contributed by atoms with Crippen LogP contribution in [0.25, 0.3) is 0 Å². The number of halogens is 2. The summed E-state index contributed by atoms with van der Waals surface area (Å²) in [6.45, 7) is 8.11. The average Bonchev–Trinajstić information content (AvgIpc) is 2.85. The molecule has 3 aromatic carbocycles. The maximum atomic E-state index is 14.9. The SMILES string of the molecule is CC(C)(C)OC(=O)/N=C1\N[C@](C)(c2ccc(F)cc2F)CS(=O)(=O)[C@@]1(C)c1cccc(OCc2ccccc2)c1. The van der Waals surface area contributed by atoms with Crippen molar-refractivity contribution in [2.75, 3.05) is 5.75 Å². The second-order valence-corrected chi connectivity index (χ2v) is 13.5. The van der Waals surface area contributed by atoms with Crippen molar-refractivity contribution in [3.8, 4) is 5.75 Å². The fraction of sp³-hybridized carbons (Fsp3) is 0.333. The highest BCUT2D eigenvalue weighted by molar-refractivity contribution is 7.93. The molecule has 1 fully saturated rings. The van der Waals surface area contributed by atoms with Crippen molar-refractivity contribution in [1.82, 2.24) is 5.32 Å². The Balaban J connectivity index is 1.81. The number of amides is 1. The van der Waals surface area contributed by atoms with E-state index in [4.69, 9.17) is 9.47 Å². The van der Waals surface area contributed by atoms with Gasteiger partial charge in [0.2, 0.25) is 0 Å². The van der Waals surface area contributed by atoms with E-state index in [2.05, 4.69) is 10.3 Å². The third-order valence-electron chi connectivity index (χ3n) is 6.70. The van der Waals surface area contributed by atoms with E-state index in [1.807, 2.05) is 30.3 Å². The molecule has 4 rings (SSSR count). The molecule has 0 spiro atoms. The zero-order chi connectivity index (χ0) is 29.3. The summed E-state index contributed by atoms with van der Waals surface area (Å²) in [6.07, 6.45) is -1.02. The van der Waals surface area contributed by atoms with Crippen LogP contribution >= 0.6 is 0 Å². The third-order valence-corrected chi connectivity index (χ3v) is 9.33. The second-order valence-electron chi connectivity index (χ2n) is 11.1. The Morgan fingerprint density at radius 1 is 1.00 bits per heavy atom. The number of rotatable bonds is 5. The molecule has 0 radical (unpaired) electrons. The molecule has 10 heteroatoms. The van der Waals surface area contributed by atoms with Crippen molar-refractivity contribution >= 4 is 21.8 Å². The van der Waals surface area contributed by atoms with E-state index in [9.17, 15) is 22.0 Å². The van der Waals surface area contributed by atoms with Crippen molar-refractivity contribution in [3.05, 3.63) is 101 Å². The van der Waals surface area contributed by atoms with Crippen LogP contribution in [0.3, 0.4) is 0 Å². The van der Waals surface area contributed by atoms with Gasteiger partial charge < -0.3 is 14.8 Å². The summed E-state index contributed by atoms with van der Waals surface area (Å²) in [5.74, 6) is -2.14. The molecule has 1 aliphatic rings. The molecule has 1 aliphatic heterocycles. The van der Waals surface area contributed by atoms with Gasteiger partial charge in [0, 0.05) is 11.6 Å². The van der Waals surface area contributed by atoms with Crippen molar-refractivity contribution in [2.45, 2.75) is 57.1 Å². The van der Waals surface area contributed by atoms with Gasteiger partial charge >= 0.3 is 6.09 Å². The number of nitrogens with one attached hydrogen (secondary N) is 1. The largest absolute Gasteiger partial charge is 0.489 e. The molecule has 7 nitrogen and oxygen atoms in total. The van der Waals surface area contributed by atoms with E-state index in [1.165, 1.54) is 19.9 Å². The Morgan fingerprint density at radius 3 is 2.35 bits per heavy atom. The van der Waals surface area contributed by atoms with Crippen molar-refractivity contribution in [2.24, 2.45) is 4.99 Å². The number of benzene rings is 3. The summed E-state index contributed by atoms with van der Waals surface area (Å²) >= 11 is 0. The van der Waals surface area contributed by atoms with Crippen molar-refractivity contribution in [3.63, 3.8) is 0 Å². The fourth-order valence-electron chi connectivity index (χ4n) is 4.62. The molecule has 2 atom stereocenters. The summed E-state index contributed by atoms with van der Waals surface area (Å²) in [5, 5.41) is 3.01. The summed E-state index contributed by atoms with van der Waals surface area (Å²) < 4.78 is 66.3. The van der Waals surface area contributed by atoms with Gasteiger partial charge in [-0.2, -0.15) is 4.99 Å². The van der Waals surface area contributed by atoms with Gasteiger partial charge in [-0.3, -0.25) is 0 Å². The summed E-state index contributed by atoms with van der Waals surface area (Å²) in [7, 11) is -4.20. The number of carbonyl (C=O) groups excluding carboxylic acids is 1. The number of nitrogens with zero attached hydrogens (tertiary/aromatic N) is 1. The zero-order valence-electron chi connectivity index (χ0n) is 23.0. The first-order valence-corrected chi connectivity index (χ1v) is 14.3. The van der Waals surface area contributed by atoms with Crippen LogP contribution in [0.4, 0.5) is 13.6 Å². The van der Waals surface area contributed by atoms with E-state index < -0.39 is 49.2 Å². The standard InChI is InChI=1S/C30H32F2N2O5S/c1-28(2,3)39-27(35)33-26-30(5,21-12-9-13-23(16-21)38-18-20-10-7-6-8-11-20)40(36,37)19-29(4,34-26)24-15-14-22(31)17-25(24)32/h6-17H,18-19H2,1-5H3,(H,33,34,35)/t29-,30-/m0/s1. The minimum atomic E-state index is -4.20. The lowest BCUT2D eigenvalue weighted by Gasteiger charge is -2.45. The lowest BCUT2D eigenvalue weighted by molar-refractivity contribution is 0.0602. The number of hydrogen-bond donors (Lipinski definition) is 1. The molecule has 1 N–H and O–H groups in total. The van der Waals surface area contributed by atoms with Crippen molar-refractivity contribution < 1.29 is 31.5 Å². The highest BCUT2D eigenvalue weighted by atomic mass is 32.2. The smallest absolute Gasteiger partial charge is 0.435 e. The molecule has 1 saturated heterocycles. The highest BCUT2D eigenvalue weighted by Gasteiger charge is 2.56. The normalized spacial score (nSPS) is 23.3. The molecule has 0 saturated carbocycles. The molecule has 3 aromatic rings. The molecule has 212 valence electrons. The van der Waals surface area contributed by atoms with Crippen LogP contribution in [-0.2, 0) is 31.5 Å². The molecule has 0 aliphatic carbocycles. The minimum Gasteiger partial charge on any atom is -0.489 e. The summed E-state index contributed by atoms with van der Waals surface area (Å²) in [4.78, 5) is 16.9. The van der Waals surface area contributed by atoms with E-state index in [-0.39, 0.29) is 23.6 Å². The van der Waals surface area contributed by atoms with E-state index in [1.54, 1.807) is 45.0 Å². The van der Waals surface area contributed by atoms with Crippen LogP contribution in [0.1, 0.15) is 51.3 Å². The van der Waals surface area contributed by atoms with E-state index in [0.717, 1.165) is 11.6 Å². The predicted molar refractivity (Wildman–Crippen MR) is 149 cm³/mol. The number of sulfone groups is 1. The van der Waals surface area contributed by atoms with Crippen LogP contribution in [0, 0.1) is 11.6 Å². The average molecular weight is 571 g/mol. The first kappa shape index (κ1) is 29.2. The minimum absolute atomic E-state index is 0.0867. The Kier molecular flexibility index (Phi) is 7.77. The predicted octanol–water partition coefficient (Wildman–Crippen LogP) is 6.03. The molecule has 1 heterocycles. The van der Waals surface area contributed by atoms with Gasteiger partial charge in [-0.25, -0.2) is 22.0 Å². The number of ether oxygens (including phenoxy) is 2. The first-order chi connectivity index (χ1) is 18.6. The molecular weight excluding hydrogens is 538 g/mol. The number of carbonyl (C=O) groups is 1. The topological polar surface area (TPSA) is 94.1 Å². The van der Waals surface area contributed by atoms with Gasteiger partial charge in [0.15, 0.2) is 14.6 Å². The Hall–Kier alpha value is -3.79. The van der Waals surface area contributed by atoms with E-state index in [0.29, 0.717) is 11.8 Å². The van der Waals surface area contributed by atoms with Gasteiger partial charge in [0.25, 0.3) is 0 Å². The molecule has 0 unspecified atom stereocenters. The summed E-state index contributed by atoms with van der Waals surface area (Å²) in [5.41, 5.74) is -1.35. The maximum absolute atomic E-state index is 14.9. The maximum Gasteiger partial charge on any atom is 0.435 e. The second kappa shape index (κ2) is 10.6. The van der Waals surface area contributed by atoms with Gasteiger partial charge in [-0.05, 0) is 63.9 Å². The zero-order valence-corrected chi connectivity index (χ0v) is 23.8. The number of aliphatic imine (C=N–C) groups is 1. The Labute approximate surface area is 233 Å². The van der Waals surface area contributed by atoms with Crippen LogP contribution < -0.4 is 10.1 Å². The number of amidine groups is 1. The van der Waals surface area contributed by atoms with Crippen LogP contribution in [-0.4, -0.2) is 31.7 Å². The van der Waals surface area contributed by atoms with Gasteiger partial charge in [0.1, 0.15) is 35.4 Å². The monoisotopic (exact) mass is 570 g/mol. The first-order valence-electron chi connectivity index (χ1n) is 12.7. The Bertz CT molecular complexity index is 1550. The Morgan fingerprint density at radius 2 is 1.70 bits per heavy atom. The van der Waals surface area contributed by atoms with Crippen LogP contribution in [0.2, 0.25) is 0 Å². The molecule has 40 heavy (non-hydrogen) atoms. The van der Waals surface area contributed by atoms with Crippen LogP contribution in [0.15, 0.2) is 77.8 Å². The molecule has 0 aromatic heterocycles. The van der Waals surface area contributed by atoms with Crippen molar-refractivity contribution in [1.29, 1.82) is 0 Å². The lowest BCUT2D eigenvalue weighted by Crippen LogP contribution is -2.64. The number of hydrogen-bond acceptors (Lipinski definition) is 5. The highest BCUT2D eigenvalue weighted by Crippen LogP contribution is 2.42. The lowest BCUT2D eigenvalue weighted by atomic mass is 9.90. The quantitative estimate of drug-likeness (QED) is 0.403. The van der Waals surface area contributed by atoms with Gasteiger partial charge in [-0.1, -0.05) is 48.5 Å². The van der Waals surface area contributed by atoms with Gasteiger partial charge in [-0.15, -0.1) is 0 Å². The molecule has 1 amide bonds. The third kappa shape index (κ3) is 6.01. The summed E-state index contributed by atoms with van der Waals surface area (Å²) in [6, 6.07) is 18.9. The molecule has 0 bridgehead atoms.